The van der Waals surface area contributed by atoms with Gasteiger partial charge < -0.3 is 19.6 Å². The molecule has 0 radical (unpaired) electrons. The van der Waals surface area contributed by atoms with Gasteiger partial charge in [-0.25, -0.2) is 0 Å². The minimum Gasteiger partial charge on any atom is -0.854 e. The van der Waals surface area contributed by atoms with Crippen LogP contribution < -0.4 is 34.7 Å². The number of piperidine rings is 2. The van der Waals surface area contributed by atoms with E-state index in [1.54, 1.807) is 0 Å². The van der Waals surface area contributed by atoms with Crippen LogP contribution in [0.15, 0.2) is 24.3 Å². The van der Waals surface area contributed by atoms with Crippen LogP contribution in [0.3, 0.4) is 0 Å². The SMILES string of the molecule is Clc1ccc(CCCOCCCN2CCCCC2)cc1.[Na+].[O-]CCCN1CCCCC1. The van der Waals surface area contributed by atoms with E-state index in [0.29, 0.717) is 0 Å². The molecule has 0 aliphatic carbocycles. The predicted octanol–water partition coefficient (Wildman–Crippen LogP) is 1.39. The Bertz CT molecular complexity index is 521. The average molecular weight is 461 g/mol. The number of ether oxygens (including phenoxy) is 1. The Labute approximate surface area is 218 Å². The zero-order valence-corrected chi connectivity index (χ0v) is 22.6. The summed E-state index contributed by atoms with van der Waals surface area (Å²) in [6.45, 7) is 9.12. The second-order valence-electron chi connectivity index (χ2n) is 8.56. The molecule has 0 saturated carbocycles. The van der Waals surface area contributed by atoms with Gasteiger partial charge in [-0.1, -0.05) is 43.0 Å². The summed E-state index contributed by atoms with van der Waals surface area (Å²) >= 11 is 5.87. The van der Waals surface area contributed by atoms with Gasteiger partial charge in [-0.15, -0.1) is 6.61 Å². The number of benzene rings is 1. The first-order valence-electron chi connectivity index (χ1n) is 12.1. The van der Waals surface area contributed by atoms with Crippen LogP contribution in [0, 0.1) is 0 Å². The summed E-state index contributed by atoms with van der Waals surface area (Å²) in [5, 5.41) is 11.0. The van der Waals surface area contributed by atoms with Crippen molar-refractivity contribution in [1.82, 2.24) is 9.80 Å². The van der Waals surface area contributed by atoms with Crippen LogP contribution in [0.4, 0.5) is 0 Å². The maximum atomic E-state index is 10.1. The van der Waals surface area contributed by atoms with Gasteiger partial charge in [-0.3, -0.25) is 0 Å². The summed E-state index contributed by atoms with van der Waals surface area (Å²) < 4.78 is 5.72. The Morgan fingerprint density at radius 3 is 1.81 bits per heavy atom. The van der Waals surface area contributed by atoms with E-state index in [9.17, 15) is 5.11 Å². The van der Waals surface area contributed by atoms with Crippen LogP contribution in [-0.2, 0) is 11.2 Å². The third-order valence-electron chi connectivity index (χ3n) is 5.95. The molecule has 2 aliphatic heterocycles. The van der Waals surface area contributed by atoms with Crippen LogP contribution in [0.25, 0.3) is 0 Å². The van der Waals surface area contributed by atoms with Crippen LogP contribution in [0.5, 0.6) is 0 Å². The third-order valence-corrected chi connectivity index (χ3v) is 6.20. The van der Waals surface area contributed by atoms with Crippen molar-refractivity contribution in [2.24, 2.45) is 0 Å². The van der Waals surface area contributed by atoms with Crippen LogP contribution in [-0.4, -0.2) is 68.9 Å². The first-order valence-corrected chi connectivity index (χ1v) is 12.5. The Kier molecular flexibility index (Phi) is 18.8. The third kappa shape index (κ3) is 15.0. The second kappa shape index (κ2) is 19.8. The van der Waals surface area contributed by atoms with Crippen LogP contribution in [0.2, 0.25) is 5.02 Å². The molecule has 2 saturated heterocycles. The molecule has 0 atom stereocenters. The fourth-order valence-corrected chi connectivity index (χ4v) is 4.30. The molecule has 0 unspecified atom stereocenters. The van der Waals surface area contributed by atoms with Crippen molar-refractivity contribution >= 4 is 11.6 Å². The maximum Gasteiger partial charge on any atom is 1.00 e. The molecular formula is C25H42ClN2NaO2. The van der Waals surface area contributed by atoms with Gasteiger partial charge in [-0.05, 0) is 95.4 Å². The molecular weight excluding hydrogens is 419 g/mol. The molecule has 2 heterocycles. The Morgan fingerprint density at radius 1 is 0.742 bits per heavy atom. The molecule has 0 bridgehead atoms. The van der Waals surface area contributed by atoms with Gasteiger partial charge in [-0.2, -0.15) is 0 Å². The maximum absolute atomic E-state index is 10.1. The number of halogens is 1. The number of hydrogen-bond acceptors (Lipinski definition) is 4. The van der Waals surface area contributed by atoms with E-state index in [1.165, 1.54) is 83.2 Å². The van der Waals surface area contributed by atoms with E-state index in [-0.39, 0.29) is 36.2 Å². The van der Waals surface area contributed by atoms with Crippen LogP contribution in [0.1, 0.15) is 63.4 Å². The Hall–Kier alpha value is 0.350. The number of hydrogen-bond donors (Lipinski definition) is 0. The molecule has 6 heteroatoms. The largest absolute Gasteiger partial charge is 1.00 e. The van der Waals surface area contributed by atoms with Crippen molar-refractivity contribution in [1.29, 1.82) is 0 Å². The summed E-state index contributed by atoms with van der Waals surface area (Å²) in [4.78, 5) is 4.97. The Balaban J connectivity index is 0.000000370. The van der Waals surface area contributed by atoms with E-state index in [2.05, 4.69) is 21.9 Å². The number of rotatable bonds is 11. The summed E-state index contributed by atoms with van der Waals surface area (Å²) in [5.41, 5.74) is 1.34. The first kappa shape index (κ1) is 29.4. The minimum absolute atomic E-state index is 0. The van der Waals surface area contributed by atoms with Crippen LogP contribution >= 0.6 is 11.6 Å². The molecule has 1 aromatic carbocycles. The zero-order valence-electron chi connectivity index (χ0n) is 19.8. The topological polar surface area (TPSA) is 38.8 Å². The zero-order chi connectivity index (χ0) is 21.3. The standard InChI is InChI=1S/C17H26ClNO.C8H16NO.Na/c18-17-9-7-16(8-10-17)6-4-14-20-15-5-13-19-11-2-1-3-12-19;10-8-4-7-9-5-2-1-3-6-9;/h7-10H,1-6,11-15H2;1-8H2;/q;-1;+1. The number of nitrogens with zero attached hydrogens (tertiary/aromatic N) is 2. The average Bonchev–Trinajstić information content (AvgIpc) is 2.80. The first-order chi connectivity index (χ1) is 14.8. The van der Waals surface area contributed by atoms with E-state index in [0.717, 1.165) is 44.0 Å². The summed E-state index contributed by atoms with van der Waals surface area (Å²) in [5.74, 6) is 0. The normalized spacial score (nSPS) is 17.5. The quantitative estimate of drug-likeness (QED) is 0.369. The van der Waals surface area contributed by atoms with Gasteiger partial charge in [0.15, 0.2) is 0 Å². The Morgan fingerprint density at radius 2 is 1.26 bits per heavy atom. The van der Waals surface area contributed by atoms with E-state index >= 15 is 0 Å². The van der Waals surface area contributed by atoms with Gasteiger partial charge in [0.2, 0.25) is 0 Å². The van der Waals surface area contributed by atoms with E-state index < -0.39 is 0 Å². The van der Waals surface area contributed by atoms with Gasteiger partial charge in [0.25, 0.3) is 0 Å². The number of likely N-dealkylation sites (tertiary alicyclic amines) is 2. The second-order valence-corrected chi connectivity index (χ2v) is 8.99. The monoisotopic (exact) mass is 460 g/mol. The number of aryl methyl sites for hydroxylation is 1. The van der Waals surface area contributed by atoms with Crippen molar-refractivity contribution in [2.75, 3.05) is 59.1 Å². The summed E-state index contributed by atoms with van der Waals surface area (Å²) in [7, 11) is 0. The van der Waals surface area contributed by atoms with Crippen molar-refractivity contribution in [3.05, 3.63) is 34.9 Å². The molecule has 1 aromatic rings. The molecule has 3 rings (SSSR count). The van der Waals surface area contributed by atoms with Crippen molar-refractivity contribution < 1.29 is 39.4 Å². The molecule has 31 heavy (non-hydrogen) atoms. The van der Waals surface area contributed by atoms with E-state index in [4.69, 9.17) is 16.3 Å². The van der Waals surface area contributed by atoms with Gasteiger partial charge in [0.1, 0.15) is 0 Å². The van der Waals surface area contributed by atoms with Crippen molar-refractivity contribution in [3.63, 3.8) is 0 Å². The molecule has 4 nitrogen and oxygen atoms in total. The molecule has 0 aromatic heterocycles. The smallest absolute Gasteiger partial charge is 0.854 e. The molecule has 172 valence electrons. The van der Waals surface area contributed by atoms with Crippen molar-refractivity contribution in [3.8, 4) is 0 Å². The molecule has 0 amide bonds. The summed E-state index contributed by atoms with van der Waals surface area (Å²) in [6.07, 6.45) is 12.4. The van der Waals surface area contributed by atoms with Gasteiger partial charge in [0.05, 0.1) is 0 Å². The fraction of sp³-hybridized carbons (Fsp3) is 0.760. The molecule has 0 N–H and O–H groups in total. The van der Waals surface area contributed by atoms with E-state index in [1.807, 2.05) is 12.1 Å². The van der Waals surface area contributed by atoms with Gasteiger partial charge in [0, 0.05) is 24.8 Å². The van der Waals surface area contributed by atoms with Crippen molar-refractivity contribution in [2.45, 2.75) is 64.2 Å². The summed E-state index contributed by atoms with van der Waals surface area (Å²) in [6, 6.07) is 8.10. The van der Waals surface area contributed by atoms with Gasteiger partial charge >= 0.3 is 29.6 Å². The molecule has 2 fully saturated rings. The fourth-order valence-electron chi connectivity index (χ4n) is 4.18. The molecule has 0 spiro atoms. The minimum atomic E-state index is 0. The predicted molar refractivity (Wildman–Crippen MR) is 125 cm³/mol. The molecule has 2 aliphatic rings.